The summed E-state index contributed by atoms with van der Waals surface area (Å²) >= 11 is 0. The van der Waals surface area contributed by atoms with Crippen LogP contribution in [0.15, 0.2) is 36.4 Å². The molecule has 0 saturated carbocycles. The minimum Gasteiger partial charge on any atom is -0.387 e. The van der Waals surface area contributed by atoms with Crippen LogP contribution >= 0.6 is 0 Å². The third kappa shape index (κ3) is 3.70. The topological polar surface area (TPSA) is 67.2 Å². The van der Waals surface area contributed by atoms with E-state index in [0.717, 1.165) is 11.3 Å². The second kappa shape index (κ2) is 6.54. The van der Waals surface area contributed by atoms with Gasteiger partial charge in [0, 0.05) is 13.6 Å². The standard InChI is InChI=1S/C16H21N3O2/c1-11(2)13-9-14(19(3)18-13)16(21)17-10-15(20)12-7-5-4-6-8-12/h4-9,11,15,20H,10H2,1-3H3,(H,17,21). The first-order valence-corrected chi connectivity index (χ1v) is 7.04. The summed E-state index contributed by atoms with van der Waals surface area (Å²) in [5, 5.41) is 17.1. The van der Waals surface area contributed by atoms with E-state index in [-0.39, 0.29) is 18.4 Å². The second-order valence-electron chi connectivity index (χ2n) is 5.37. The Bertz CT molecular complexity index is 605. The Balaban J connectivity index is 1.99. The van der Waals surface area contributed by atoms with Crippen molar-refractivity contribution >= 4 is 5.91 Å². The highest BCUT2D eigenvalue weighted by atomic mass is 16.3. The molecule has 0 fully saturated rings. The van der Waals surface area contributed by atoms with Crippen LogP contribution in [0, 0.1) is 0 Å². The molecule has 0 aliphatic carbocycles. The smallest absolute Gasteiger partial charge is 0.269 e. The number of rotatable bonds is 5. The summed E-state index contributed by atoms with van der Waals surface area (Å²) < 4.78 is 1.57. The Morgan fingerprint density at radius 2 is 2.00 bits per heavy atom. The molecule has 2 rings (SSSR count). The molecule has 5 nitrogen and oxygen atoms in total. The van der Waals surface area contributed by atoms with Crippen LogP contribution < -0.4 is 5.32 Å². The van der Waals surface area contributed by atoms with Crippen molar-refractivity contribution in [3.8, 4) is 0 Å². The van der Waals surface area contributed by atoms with Gasteiger partial charge >= 0.3 is 0 Å². The zero-order valence-electron chi connectivity index (χ0n) is 12.6. The van der Waals surface area contributed by atoms with E-state index < -0.39 is 6.10 Å². The van der Waals surface area contributed by atoms with Gasteiger partial charge in [0.25, 0.3) is 5.91 Å². The zero-order valence-corrected chi connectivity index (χ0v) is 12.6. The van der Waals surface area contributed by atoms with Gasteiger partial charge in [0.1, 0.15) is 5.69 Å². The van der Waals surface area contributed by atoms with E-state index in [0.29, 0.717) is 5.69 Å². The average Bonchev–Trinajstić information content (AvgIpc) is 2.87. The monoisotopic (exact) mass is 287 g/mol. The van der Waals surface area contributed by atoms with Gasteiger partial charge in [-0.05, 0) is 17.5 Å². The van der Waals surface area contributed by atoms with Crippen LogP contribution in [0.4, 0.5) is 0 Å². The van der Waals surface area contributed by atoms with Gasteiger partial charge in [-0.2, -0.15) is 5.10 Å². The third-order valence-electron chi connectivity index (χ3n) is 3.36. The quantitative estimate of drug-likeness (QED) is 0.884. The van der Waals surface area contributed by atoms with Gasteiger partial charge in [0.05, 0.1) is 11.8 Å². The van der Waals surface area contributed by atoms with Crippen LogP contribution in [0.2, 0.25) is 0 Å². The van der Waals surface area contributed by atoms with Gasteiger partial charge in [-0.1, -0.05) is 44.2 Å². The average molecular weight is 287 g/mol. The van der Waals surface area contributed by atoms with Crippen molar-refractivity contribution in [3.05, 3.63) is 53.3 Å². The maximum Gasteiger partial charge on any atom is 0.269 e. The molecular weight excluding hydrogens is 266 g/mol. The molecule has 0 aliphatic rings. The number of aliphatic hydroxyl groups excluding tert-OH is 1. The Morgan fingerprint density at radius 3 is 2.57 bits per heavy atom. The minimum atomic E-state index is -0.715. The fraction of sp³-hybridized carbons (Fsp3) is 0.375. The number of carbonyl (C=O) groups is 1. The van der Waals surface area contributed by atoms with Crippen molar-refractivity contribution in [1.82, 2.24) is 15.1 Å². The number of hydrogen-bond donors (Lipinski definition) is 2. The Kier molecular flexibility index (Phi) is 4.75. The number of benzene rings is 1. The van der Waals surface area contributed by atoms with E-state index in [1.165, 1.54) is 0 Å². The van der Waals surface area contributed by atoms with Gasteiger partial charge in [-0.25, -0.2) is 0 Å². The molecule has 0 aliphatic heterocycles. The number of carbonyl (C=O) groups excluding carboxylic acids is 1. The molecule has 2 aromatic rings. The highest BCUT2D eigenvalue weighted by Crippen LogP contribution is 2.14. The minimum absolute atomic E-state index is 0.172. The van der Waals surface area contributed by atoms with Gasteiger partial charge in [-0.15, -0.1) is 0 Å². The molecule has 0 spiro atoms. The number of nitrogens with zero attached hydrogens (tertiary/aromatic N) is 2. The van der Waals surface area contributed by atoms with E-state index in [9.17, 15) is 9.90 Å². The molecule has 1 amide bonds. The second-order valence-corrected chi connectivity index (χ2v) is 5.37. The maximum absolute atomic E-state index is 12.2. The highest BCUT2D eigenvalue weighted by molar-refractivity contribution is 5.92. The first-order valence-electron chi connectivity index (χ1n) is 7.04. The lowest BCUT2D eigenvalue weighted by Gasteiger charge is -2.12. The Morgan fingerprint density at radius 1 is 1.33 bits per heavy atom. The predicted molar refractivity (Wildman–Crippen MR) is 81.0 cm³/mol. The van der Waals surface area contributed by atoms with Gasteiger partial charge < -0.3 is 10.4 Å². The van der Waals surface area contributed by atoms with Gasteiger partial charge in [0.2, 0.25) is 0 Å². The van der Waals surface area contributed by atoms with Crippen LogP contribution in [-0.4, -0.2) is 27.3 Å². The van der Waals surface area contributed by atoms with Crippen molar-refractivity contribution in [2.24, 2.45) is 7.05 Å². The summed E-state index contributed by atoms with van der Waals surface area (Å²) in [6, 6.07) is 11.1. The van der Waals surface area contributed by atoms with E-state index in [1.54, 1.807) is 17.8 Å². The first-order chi connectivity index (χ1) is 9.99. The molecule has 1 aromatic carbocycles. The molecule has 2 N–H and O–H groups in total. The van der Waals surface area contributed by atoms with Crippen molar-refractivity contribution in [3.63, 3.8) is 0 Å². The molecule has 5 heteroatoms. The predicted octanol–water partition coefficient (Wildman–Crippen LogP) is 2.01. The fourth-order valence-electron chi connectivity index (χ4n) is 2.06. The highest BCUT2D eigenvalue weighted by Gasteiger charge is 2.16. The number of hydrogen-bond acceptors (Lipinski definition) is 3. The van der Waals surface area contributed by atoms with Crippen LogP contribution in [-0.2, 0) is 7.05 Å². The molecule has 21 heavy (non-hydrogen) atoms. The number of aryl methyl sites for hydroxylation is 1. The number of nitrogens with one attached hydrogen (secondary N) is 1. The summed E-state index contributed by atoms with van der Waals surface area (Å²) in [6.07, 6.45) is -0.715. The van der Waals surface area contributed by atoms with Crippen LogP contribution in [0.5, 0.6) is 0 Å². The third-order valence-corrected chi connectivity index (χ3v) is 3.36. The lowest BCUT2D eigenvalue weighted by atomic mass is 10.1. The largest absolute Gasteiger partial charge is 0.387 e. The number of aliphatic hydroxyl groups is 1. The van der Waals surface area contributed by atoms with E-state index >= 15 is 0 Å². The fourth-order valence-corrected chi connectivity index (χ4v) is 2.06. The van der Waals surface area contributed by atoms with Gasteiger partial charge in [-0.3, -0.25) is 9.48 Å². The summed E-state index contributed by atoms with van der Waals surface area (Å²) in [4.78, 5) is 12.2. The van der Waals surface area contributed by atoms with Crippen LogP contribution in [0.3, 0.4) is 0 Å². The van der Waals surface area contributed by atoms with Gasteiger partial charge in [0.15, 0.2) is 0 Å². The lowest BCUT2D eigenvalue weighted by molar-refractivity contribution is 0.0907. The Hall–Kier alpha value is -2.14. The van der Waals surface area contributed by atoms with Crippen molar-refractivity contribution < 1.29 is 9.90 Å². The molecular formula is C16H21N3O2. The first kappa shape index (κ1) is 15.3. The molecule has 112 valence electrons. The molecule has 0 radical (unpaired) electrons. The van der Waals surface area contributed by atoms with Crippen LogP contribution in [0.1, 0.15) is 47.6 Å². The van der Waals surface area contributed by atoms with Crippen molar-refractivity contribution in [2.75, 3.05) is 6.54 Å². The van der Waals surface area contributed by atoms with E-state index in [4.69, 9.17) is 0 Å². The maximum atomic E-state index is 12.2. The van der Waals surface area contributed by atoms with Crippen molar-refractivity contribution in [2.45, 2.75) is 25.9 Å². The Labute approximate surface area is 124 Å². The van der Waals surface area contributed by atoms with E-state index in [2.05, 4.69) is 10.4 Å². The number of amides is 1. The molecule has 0 saturated heterocycles. The van der Waals surface area contributed by atoms with E-state index in [1.807, 2.05) is 44.2 Å². The van der Waals surface area contributed by atoms with Crippen LogP contribution in [0.25, 0.3) is 0 Å². The molecule has 0 bridgehead atoms. The number of aromatic nitrogens is 2. The summed E-state index contributed by atoms with van der Waals surface area (Å²) in [6.45, 7) is 4.23. The summed E-state index contributed by atoms with van der Waals surface area (Å²) in [7, 11) is 1.74. The summed E-state index contributed by atoms with van der Waals surface area (Å²) in [5.41, 5.74) is 2.16. The molecule has 1 atom stereocenters. The summed E-state index contributed by atoms with van der Waals surface area (Å²) in [5.74, 6) is 0.0412. The van der Waals surface area contributed by atoms with Crippen molar-refractivity contribution in [1.29, 1.82) is 0 Å². The normalized spacial score (nSPS) is 12.4. The zero-order chi connectivity index (χ0) is 15.4. The molecule has 1 aromatic heterocycles. The molecule has 1 heterocycles. The molecule has 1 unspecified atom stereocenters. The lowest BCUT2D eigenvalue weighted by Crippen LogP contribution is -2.29. The SMILES string of the molecule is CC(C)c1cc(C(=O)NCC(O)c2ccccc2)n(C)n1.